The molecule has 0 aliphatic carbocycles. The predicted octanol–water partition coefficient (Wildman–Crippen LogP) is 2.86. The molecule has 1 N–H and O–H groups in total. The van der Waals surface area contributed by atoms with Crippen LogP contribution in [0.1, 0.15) is 11.1 Å². The van der Waals surface area contributed by atoms with Crippen LogP contribution in [0, 0.1) is 15.9 Å². The van der Waals surface area contributed by atoms with Crippen molar-refractivity contribution in [2.24, 2.45) is 0 Å². The normalized spacial score (nSPS) is 10.4. The molecular weight excluding hydrogens is 275 g/mol. The van der Waals surface area contributed by atoms with Crippen LogP contribution < -0.4 is 4.90 Å². The van der Waals surface area contributed by atoms with E-state index in [2.05, 4.69) is 0 Å². The van der Waals surface area contributed by atoms with E-state index in [1.54, 1.807) is 42.3 Å². The first kappa shape index (κ1) is 14.9. The van der Waals surface area contributed by atoms with Gasteiger partial charge in [0.25, 0.3) is 5.69 Å². The Hall–Kier alpha value is -2.47. The number of anilines is 1. The summed E-state index contributed by atoms with van der Waals surface area (Å²) in [4.78, 5) is 12.1. The largest absolute Gasteiger partial charge is 0.391 e. The van der Waals surface area contributed by atoms with Crippen molar-refractivity contribution in [3.63, 3.8) is 0 Å². The molecule has 0 radical (unpaired) electrons. The molecule has 0 atom stereocenters. The molecule has 0 aliphatic rings. The Morgan fingerprint density at radius 3 is 2.57 bits per heavy atom. The van der Waals surface area contributed by atoms with Crippen molar-refractivity contribution in [2.75, 3.05) is 11.9 Å². The van der Waals surface area contributed by atoms with Crippen LogP contribution in [0.2, 0.25) is 0 Å². The van der Waals surface area contributed by atoms with Crippen LogP contribution >= 0.6 is 0 Å². The summed E-state index contributed by atoms with van der Waals surface area (Å²) in [6.45, 7) is -0.0902. The molecule has 6 heteroatoms. The van der Waals surface area contributed by atoms with Crippen LogP contribution in [-0.2, 0) is 13.2 Å². The highest BCUT2D eigenvalue weighted by Crippen LogP contribution is 2.25. The molecule has 0 spiro atoms. The van der Waals surface area contributed by atoms with Gasteiger partial charge in [-0.1, -0.05) is 18.2 Å². The zero-order valence-corrected chi connectivity index (χ0v) is 11.5. The molecule has 0 fully saturated rings. The zero-order chi connectivity index (χ0) is 15.4. The number of nitro groups is 1. The van der Waals surface area contributed by atoms with E-state index in [4.69, 9.17) is 0 Å². The summed E-state index contributed by atoms with van der Waals surface area (Å²) in [5, 5.41) is 20.1. The van der Waals surface area contributed by atoms with Gasteiger partial charge in [-0.2, -0.15) is 0 Å². The minimum atomic E-state index is -0.536. The number of rotatable bonds is 5. The van der Waals surface area contributed by atoms with Crippen molar-refractivity contribution in [2.45, 2.75) is 13.2 Å². The minimum Gasteiger partial charge on any atom is -0.391 e. The number of aliphatic hydroxyl groups is 1. The maximum atomic E-state index is 13.6. The van der Waals surface area contributed by atoms with E-state index in [0.717, 1.165) is 0 Å². The highest BCUT2D eigenvalue weighted by molar-refractivity contribution is 5.55. The standard InChI is InChI=1S/C15H15FN2O3/c1-17(9-11-4-2-3-5-14(11)16)13-6-7-15(18(20)21)12(8-13)10-19/h2-8,19H,9-10H2,1H3. The second-order valence-electron chi connectivity index (χ2n) is 4.68. The number of nitro benzene ring substituents is 1. The molecule has 5 nitrogen and oxygen atoms in total. The van der Waals surface area contributed by atoms with Crippen molar-refractivity contribution in [3.05, 3.63) is 69.5 Å². The molecule has 0 bridgehead atoms. The van der Waals surface area contributed by atoms with Crippen molar-refractivity contribution < 1.29 is 14.4 Å². The molecule has 21 heavy (non-hydrogen) atoms. The molecule has 0 unspecified atom stereocenters. The molecule has 2 aromatic rings. The molecular formula is C15H15FN2O3. The van der Waals surface area contributed by atoms with Gasteiger partial charge < -0.3 is 10.0 Å². The van der Waals surface area contributed by atoms with Gasteiger partial charge in [-0.15, -0.1) is 0 Å². The van der Waals surface area contributed by atoms with Gasteiger partial charge in [-0.3, -0.25) is 10.1 Å². The SMILES string of the molecule is CN(Cc1ccccc1F)c1ccc([N+](=O)[O-])c(CO)c1. The molecule has 2 rings (SSSR count). The third kappa shape index (κ3) is 3.35. The summed E-state index contributed by atoms with van der Waals surface area (Å²) in [5.41, 5.74) is 1.32. The van der Waals surface area contributed by atoms with Crippen LogP contribution in [0.15, 0.2) is 42.5 Å². The van der Waals surface area contributed by atoms with E-state index in [9.17, 15) is 19.6 Å². The second-order valence-corrected chi connectivity index (χ2v) is 4.68. The molecule has 0 aliphatic heterocycles. The van der Waals surface area contributed by atoms with E-state index in [1.165, 1.54) is 12.1 Å². The average molecular weight is 290 g/mol. The van der Waals surface area contributed by atoms with Gasteiger partial charge in [-0.25, -0.2) is 4.39 Å². The molecule has 0 saturated heterocycles. The molecule has 110 valence electrons. The van der Waals surface area contributed by atoms with Crippen molar-refractivity contribution >= 4 is 11.4 Å². The monoisotopic (exact) mass is 290 g/mol. The van der Waals surface area contributed by atoms with Crippen LogP contribution in [0.25, 0.3) is 0 Å². The number of nitrogens with zero attached hydrogens (tertiary/aromatic N) is 2. The van der Waals surface area contributed by atoms with Crippen LogP contribution in [0.5, 0.6) is 0 Å². The molecule has 0 saturated carbocycles. The molecule has 0 heterocycles. The first-order chi connectivity index (χ1) is 10.0. The highest BCUT2D eigenvalue weighted by atomic mass is 19.1. The van der Waals surface area contributed by atoms with Gasteiger partial charge in [0.2, 0.25) is 0 Å². The zero-order valence-electron chi connectivity index (χ0n) is 11.5. The molecule has 0 amide bonds. The lowest BCUT2D eigenvalue weighted by Crippen LogP contribution is -2.17. The number of hydrogen-bond donors (Lipinski definition) is 1. The summed E-state index contributed by atoms with van der Waals surface area (Å²) in [6.07, 6.45) is 0. The van der Waals surface area contributed by atoms with Crippen LogP contribution in [0.4, 0.5) is 15.8 Å². The Kier molecular flexibility index (Phi) is 4.49. The van der Waals surface area contributed by atoms with Gasteiger partial charge in [0, 0.05) is 30.9 Å². The summed E-state index contributed by atoms with van der Waals surface area (Å²) >= 11 is 0. The maximum absolute atomic E-state index is 13.6. The van der Waals surface area contributed by atoms with Crippen LogP contribution in [0.3, 0.4) is 0 Å². The molecule has 2 aromatic carbocycles. The molecule has 0 aromatic heterocycles. The Morgan fingerprint density at radius 2 is 1.95 bits per heavy atom. The van der Waals surface area contributed by atoms with Crippen molar-refractivity contribution in [1.29, 1.82) is 0 Å². The number of benzene rings is 2. The third-order valence-corrected chi connectivity index (χ3v) is 3.24. The van der Waals surface area contributed by atoms with Crippen molar-refractivity contribution in [3.8, 4) is 0 Å². The van der Waals surface area contributed by atoms with Gasteiger partial charge in [0.1, 0.15) is 5.82 Å². The fraction of sp³-hybridized carbons (Fsp3) is 0.200. The second kappa shape index (κ2) is 6.32. The average Bonchev–Trinajstić information content (AvgIpc) is 2.48. The van der Waals surface area contributed by atoms with E-state index in [-0.39, 0.29) is 17.1 Å². The highest BCUT2D eigenvalue weighted by Gasteiger charge is 2.15. The fourth-order valence-corrected chi connectivity index (χ4v) is 2.09. The van der Waals surface area contributed by atoms with Gasteiger partial charge in [-0.05, 0) is 18.2 Å². The number of hydrogen-bond acceptors (Lipinski definition) is 4. The summed E-state index contributed by atoms with van der Waals surface area (Å²) in [6, 6.07) is 10.9. The summed E-state index contributed by atoms with van der Waals surface area (Å²) in [7, 11) is 1.76. The number of halogens is 1. The predicted molar refractivity (Wildman–Crippen MR) is 77.5 cm³/mol. The van der Waals surface area contributed by atoms with Gasteiger partial charge >= 0.3 is 0 Å². The smallest absolute Gasteiger partial charge is 0.275 e. The van der Waals surface area contributed by atoms with E-state index >= 15 is 0 Å². The number of aliphatic hydroxyl groups excluding tert-OH is 1. The topological polar surface area (TPSA) is 66.6 Å². The minimum absolute atomic E-state index is 0.124. The first-order valence-electron chi connectivity index (χ1n) is 6.35. The summed E-state index contributed by atoms with van der Waals surface area (Å²) < 4.78 is 13.6. The lowest BCUT2D eigenvalue weighted by molar-refractivity contribution is -0.385. The summed E-state index contributed by atoms with van der Waals surface area (Å²) in [5.74, 6) is -0.298. The van der Waals surface area contributed by atoms with E-state index in [1.807, 2.05) is 0 Å². The first-order valence-corrected chi connectivity index (χ1v) is 6.35. The lowest BCUT2D eigenvalue weighted by atomic mass is 10.1. The Balaban J connectivity index is 2.25. The van der Waals surface area contributed by atoms with Crippen molar-refractivity contribution in [1.82, 2.24) is 0 Å². The quantitative estimate of drug-likeness (QED) is 0.679. The Morgan fingerprint density at radius 1 is 1.24 bits per heavy atom. The third-order valence-electron chi connectivity index (χ3n) is 3.24. The van der Waals surface area contributed by atoms with Gasteiger partial charge in [0.05, 0.1) is 17.1 Å². The van der Waals surface area contributed by atoms with Crippen LogP contribution in [-0.4, -0.2) is 17.1 Å². The van der Waals surface area contributed by atoms with Gasteiger partial charge in [0.15, 0.2) is 0 Å². The van der Waals surface area contributed by atoms with E-state index in [0.29, 0.717) is 17.8 Å². The fourth-order valence-electron chi connectivity index (χ4n) is 2.09. The Bertz CT molecular complexity index is 661. The Labute approximate surface area is 121 Å². The maximum Gasteiger partial charge on any atom is 0.275 e. The lowest BCUT2D eigenvalue weighted by Gasteiger charge is -2.20. The van der Waals surface area contributed by atoms with E-state index < -0.39 is 11.5 Å².